The largest absolute Gasteiger partial charge is 0.389 e. The molecule has 1 aliphatic heterocycles. The molecular weight excluding hydrogens is 308 g/mol. The Morgan fingerprint density at radius 2 is 2.33 bits per heavy atom. The predicted octanol–water partition coefficient (Wildman–Crippen LogP) is 3.71. The van der Waals surface area contributed by atoms with E-state index in [-0.39, 0.29) is 0 Å². The lowest BCUT2D eigenvalue weighted by Crippen LogP contribution is -2.36. The van der Waals surface area contributed by atoms with E-state index >= 15 is 0 Å². The van der Waals surface area contributed by atoms with Crippen LogP contribution in [0.3, 0.4) is 0 Å². The number of halogens is 1. The SMILES string of the molecule is CCC1CCCN(c2cc(Br)ccc2C(N)=S)C1. The molecule has 0 aliphatic carbocycles. The monoisotopic (exact) mass is 326 g/mol. The smallest absolute Gasteiger partial charge is 0.106 e. The van der Waals surface area contributed by atoms with Crippen molar-refractivity contribution in [1.82, 2.24) is 0 Å². The highest BCUT2D eigenvalue weighted by molar-refractivity contribution is 9.10. The Kier molecular flexibility index (Phi) is 4.62. The fourth-order valence-electron chi connectivity index (χ4n) is 2.59. The molecule has 1 aromatic carbocycles. The molecule has 4 heteroatoms. The number of piperidine rings is 1. The number of rotatable bonds is 3. The molecule has 0 saturated carbocycles. The van der Waals surface area contributed by atoms with Gasteiger partial charge >= 0.3 is 0 Å². The van der Waals surface area contributed by atoms with Crippen LogP contribution in [-0.4, -0.2) is 18.1 Å². The Morgan fingerprint density at radius 1 is 1.56 bits per heavy atom. The molecule has 1 heterocycles. The van der Waals surface area contributed by atoms with Crippen LogP contribution in [0.15, 0.2) is 22.7 Å². The number of nitrogens with zero attached hydrogens (tertiary/aromatic N) is 1. The molecule has 1 saturated heterocycles. The highest BCUT2D eigenvalue weighted by Crippen LogP contribution is 2.30. The van der Waals surface area contributed by atoms with Gasteiger partial charge in [-0.15, -0.1) is 0 Å². The zero-order valence-corrected chi connectivity index (χ0v) is 13.1. The number of benzene rings is 1. The summed E-state index contributed by atoms with van der Waals surface area (Å²) in [6, 6.07) is 6.14. The Bertz CT molecular complexity index is 447. The van der Waals surface area contributed by atoms with Crippen LogP contribution in [0.4, 0.5) is 5.69 Å². The molecule has 1 atom stereocenters. The molecule has 1 aliphatic rings. The maximum absolute atomic E-state index is 5.83. The summed E-state index contributed by atoms with van der Waals surface area (Å²) in [5, 5.41) is 0. The third kappa shape index (κ3) is 3.04. The number of hydrogen-bond donors (Lipinski definition) is 1. The van der Waals surface area contributed by atoms with Gasteiger partial charge in [0.2, 0.25) is 0 Å². The van der Waals surface area contributed by atoms with E-state index in [1.54, 1.807) is 0 Å². The summed E-state index contributed by atoms with van der Waals surface area (Å²) in [6.45, 7) is 4.48. The lowest BCUT2D eigenvalue weighted by atomic mass is 9.94. The maximum Gasteiger partial charge on any atom is 0.106 e. The molecule has 2 N–H and O–H groups in total. The minimum absolute atomic E-state index is 0.483. The van der Waals surface area contributed by atoms with Crippen LogP contribution in [0.5, 0.6) is 0 Å². The lowest BCUT2D eigenvalue weighted by Gasteiger charge is -2.35. The number of hydrogen-bond acceptors (Lipinski definition) is 2. The fourth-order valence-corrected chi connectivity index (χ4v) is 3.11. The van der Waals surface area contributed by atoms with E-state index in [2.05, 4.69) is 33.8 Å². The highest BCUT2D eigenvalue weighted by Gasteiger charge is 2.21. The maximum atomic E-state index is 5.83. The van der Waals surface area contributed by atoms with Crippen molar-refractivity contribution < 1.29 is 0 Å². The first-order chi connectivity index (χ1) is 8.61. The average molecular weight is 327 g/mol. The molecule has 0 bridgehead atoms. The third-order valence-electron chi connectivity index (χ3n) is 3.66. The molecule has 0 amide bonds. The Balaban J connectivity index is 2.31. The summed E-state index contributed by atoms with van der Waals surface area (Å²) in [7, 11) is 0. The first-order valence-electron chi connectivity index (χ1n) is 6.46. The first-order valence-corrected chi connectivity index (χ1v) is 7.66. The summed E-state index contributed by atoms with van der Waals surface area (Å²) >= 11 is 8.69. The summed E-state index contributed by atoms with van der Waals surface area (Å²) in [5.74, 6) is 0.789. The van der Waals surface area contributed by atoms with Gasteiger partial charge in [-0.05, 0) is 37.0 Å². The quantitative estimate of drug-likeness (QED) is 0.858. The van der Waals surface area contributed by atoms with Gasteiger partial charge in [-0.2, -0.15) is 0 Å². The van der Waals surface area contributed by atoms with Crippen LogP contribution >= 0.6 is 28.1 Å². The van der Waals surface area contributed by atoms with Crippen LogP contribution in [-0.2, 0) is 0 Å². The normalized spacial score (nSPS) is 19.9. The summed E-state index contributed by atoms with van der Waals surface area (Å²) < 4.78 is 1.08. The van der Waals surface area contributed by atoms with Gasteiger partial charge in [0.25, 0.3) is 0 Å². The fraction of sp³-hybridized carbons (Fsp3) is 0.500. The minimum atomic E-state index is 0.483. The minimum Gasteiger partial charge on any atom is -0.389 e. The molecule has 0 radical (unpaired) electrons. The van der Waals surface area contributed by atoms with Gasteiger partial charge in [0.1, 0.15) is 4.99 Å². The zero-order chi connectivity index (χ0) is 13.1. The molecule has 98 valence electrons. The van der Waals surface area contributed by atoms with Crippen LogP contribution in [0.25, 0.3) is 0 Å². The molecular formula is C14H19BrN2S. The van der Waals surface area contributed by atoms with E-state index < -0.39 is 0 Å². The van der Waals surface area contributed by atoms with Gasteiger partial charge in [0.05, 0.1) is 0 Å². The van der Waals surface area contributed by atoms with Gasteiger partial charge in [-0.25, -0.2) is 0 Å². The van der Waals surface area contributed by atoms with Crippen molar-refractivity contribution in [3.63, 3.8) is 0 Å². The number of anilines is 1. The van der Waals surface area contributed by atoms with Crippen molar-refractivity contribution >= 4 is 38.8 Å². The molecule has 0 spiro atoms. The second-order valence-corrected chi connectivity index (χ2v) is 6.24. The van der Waals surface area contributed by atoms with Gasteiger partial charge < -0.3 is 10.6 Å². The van der Waals surface area contributed by atoms with E-state index in [9.17, 15) is 0 Å². The van der Waals surface area contributed by atoms with E-state index in [1.807, 2.05) is 12.1 Å². The standard InChI is InChI=1S/C14H19BrN2S/c1-2-10-4-3-7-17(9-10)13-8-11(15)5-6-12(13)14(16)18/h5-6,8,10H,2-4,7,9H2,1H3,(H2,16,18). The first kappa shape index (κ1) is 13.8. The number of thiocarbonyl (C=S) groups is 1. The summed E-state index contributed by atoms with van der Waals surface area (Å²) in [4.78, 5) is 2.91. The molecule has 1 fully saturated rings. The van der Waals surface area contributed by atoms with Gasteiger partial charge in [0.15, 0.2) is 0 Å². The van der Waals surface area contributed by atoms with Crippen molar-refractivity contribution in [2.45, 2.75) is 26.2 Å². The van der Waals surface area contributed by atoms with Gasteiger partial charge in [-0.3, -0.25) is 0 Å². The third-order valence-corrected chi connectivity index (χ3v) is 4.38. The van der Waals surface area contributed by atoms with E-state index in [4.69, 9.17) is 18.0 Å². The van der Waals surface area contributed by atoms with Gasteiger partial charge in [0, 0.05) is 28.8 Å². The van der Waals surface area contributed by atoms with Crippen molar-refractivity contribution in [1.29, 1.82) is 0 Å². The van der Waals surface area contributed by atoms with Crippen LogP contribution < -0.4 is 10.6 Å². The topological polar surface area (TPSA) is 29.3 Å². The zero-order valence-electron chi connectivity index (χ0n) is 10.7. The molecule has 18 heavy (non-hydrogen) atoms. The second kappa shape index (κ2) is 6.02. The predicted molar refractivity (Wildman–Crippen MR) is 85.3 cm³/mol. The second-order valence-electron chi connectivity index (χ2n) is 4.89. The van der Waals surface area contributed by atoms with Crippen LogP contribution in [0, 0.1) is 5.92 Å². The van der Waals surface area contributed by atoms with E-state index in [0.29, 0.717) is 4.99 Å². The lowest BCUT2D eigenvalue weighted by molar-refractivity contribution is 0.404. The molecule has 2 nitrogen and oxygen atoms in total. The summed E-state index contributed by atoms with van der Waals surface area (Å²) in [5.41, 5.74) is 7.99. The summed E-state index contributed by atoms with van der Waals surface area (Å²) in [6.07, 6.45) is 3.83. The molecule has 1 unspecified atom stereocenters. The average Bonchev–Trinajstić information content (AvgIpc) is 2.38. The Labute approximate surface area is 123 Å². The van der Waals surface area contributed by atoms with E-state index in [1.165, 1.54) is 24.9 Å². The Hall–Kier alpha value is -0.610. The van der Waals surface area contributed by atoms with Crippen LogP contribution in [0.1, 0.15) is 31.7 Å². The van der Waals surface area contributed by atoms with Crippen molar-refractivity contribution in [2.24, 2.45) is 11.7 Å². The number of nitrogens with two attached hydrogens (primary N) is 1. The molecule has 0 aromatic heterocycles. The highest BCUT2D eigenvalue weighted by atomic mass is 79.9. The van der Waals surface area contributed by atoms with Crippen molar-refractivity contribution in [3.05, 3.63) is 28.2 Å². The van der Waals surface area contributed by atoms with Crippen LogP contribution in [0.2, 0.25) is 0 Å². The molecule has 2 rings (SSSR count). The molecule has 1 aromatic rings. The van der Waals surface area contributed by atoms with Crippen molar-refractivity contribution in [2.75, 3.05) is 18.0 Å². The Morgan fingerprint density at radius 3 is 3.00 bits per heavy atom. The van der Waals surface area contributed by atoms with Gasteiger partial charge in [-0.1, -0.05) is 41.5 Å². The van der Waals surface area contributed by atoms with Crippen molar-refractivity contribution in [3.8, 4) is 0 Å². The van der Waals surface area contributed by atoms with E-state index in [0.717, 1.165) is 29.0 Å².